The number of methoxy groups -OCH3 is 1. The van der Waals surface area contributed by atoms with Gasteiger partial charge in [0.2, 0.25) is 0 Å². The van der Waals surface area contributed by atoms with Crippen molar-refractivity contribution in [2.45, 2.75) is 19.9 Å². The molecular weight excluding hydrogens is 258 g/mol. The van der Waals surface area contributed by atoms with Gasteiger partial charge in [-0.25, -0.2) is 0 Å². The first-order valence-electron chi connectivity index (χ1n) is 4.62. The molecule has 0 bridgehead atoms. The van der Waals surface area contributed by atoms with Crippen LogP contribution in [0.25, 0.3) is 0 Å². The molecule has 1 aromatic carbocycles. The zero-order chi connectivity index (χ0) is 11.6. The Morgan fingerprint density at radius 1 is 1.53 bits per heavy atom. The molecular formula is C11H14BrNO2. The predicted molar refractivity (Wildman–Crippen MR) is 63.4 cm³/mol. The topological polar surface area (TPSA) is 52.3 Å². The van der Waals surface area contributed by atoms with E-state index in [-0.39, 0.29) is 5.78 Å². The third-order valence-electron chi connectivity index (χ3n) is 2.24. The summed E-state index contributed by atoms with van der Waals surface area (Å²) in [4.78, 5) is 11.9. The quantitative estimate of drug-likeness (QED) is 0.859. The number of carbonyl (C=O) groups is 1. The normalized spacial score (nSPS) is 12.3. The molecule has 1 aromatic rings. The second-order valence-corrected chi connectivity index (χ2v) is 4.26. The van der Waals surface area contributed by atoms with Crippen molar-refractivity contribution in [3.63, 3.8) is 0 Å². The molecule has 0 aliphatic heterocycles. The van der Waals surface area contributed by atoms with E-state index in [1.807, 2.05) is 13.0 Å². The Morgan fingerprint density at radius 3 is 2.60 bits per heavy atom. The van der Waals surface area contributed by atoms with Crippen LogP contribution in [0.2, 0.25) is 0 Å². The molecule has 15 heavy (non-hydrogen) atoms. The maximum atomic E-state index is 11.9. The van der Waals surface area contributed by atoms with Crippen LogP contribution in [-0.2, 0) is 0 Å². The minimum Gasteiger partial charge on any atom is -0.496 e. The second kappa shape index (κ2) is 4.77. The highest BCUT2D eigenvalue weighted by molar-refractivity contribution is 9.10. The van der Waals surface area contributed by atoms with Crippen molar-refractivity contribution < 1.29 is 9.53 Å². The third-order valence-corrected chi connectivity index (χ3v) is 3.10. The molecule has 0 amide bonds. The first kappa shape index (κ1) is 12.2. The number of nitrogens with two attached hydrogens (primary N) is 1. The molecule has 0 saturated carbocycles. The first-order valence-corrected chi connectivity index (χ1v) is 5.41. The van der Waals surface area contributed by atoms with Gasteiger partial charge in [-0.1, -0.05) is 15.9 Å². The van der Waals surface area contributed by atoms with Crippen molar-refractivity contribution in [2.75, 3.05) is 7.11 Å². The molecule has 0 radical (unpaired) electrons. The highest BCUT2D eigenvalue weighted by Crippen LogP contribution is 2.29. The summed E-state index contributed by atoms with van der Waals surface area (Å²) in [7, 11) is 1.54. The summed E-state index contributed by atoms with van der Waals surface area (Å²) < 4.78 is 6.04. The molecule has 4 heteroatoms. The second-order valence-electron chi connectivity index (χ2n) is 3.40. The van der Waals surface area contributed by atoms with Gasteiger partial charge < -0.3 is 10.5 Å². The zero-order valence-electron chi connectivity index (χ0n) is 9.00. The monoisotopic (exact) mass is 271 g/mol. The number of rotatable bonds is 3. The minimum atomic E-state index is -0.521. The predicted octanol–water partition coefficient (Wildman–Crippen LogP) is 2.30. The van der Waals surface area contributed by atoms with E-state index in [0.29, 0.717) is 11.3 Å². The summed E-state index contributed by atoms with van der Waals surface area (Å²) in [5.74, 6) is 0.462. The Labute approximate surface area is 97.7 Å². The summed E-state index contributed by atoms with van der Waals surface area (Å²) in [5.41, 5.74) is 7.01. The number of ketones is 1. The van der Waals surface area contributed by atoms with E-state index in [1.54, 1.807) is 20.1 Å². The van der Waals surface area contributed by atoms with Crippen molar-refractivity contribution in [3.8, 4) is 5.75 Å². The fourth-order valence-electron chi connectivity index (χ4n) is 1.37. The van der Waals surface area contributed by atoms with E-state index in [9.17, 15) is 4.79 Å². The van der Waals surface area contributed by atoms with E-state index in [0.717, 1.165) is 10.0 Å². The molecule has 82 valence electrons. The average Bonchev–Trinajstić information content (AvgIpc) is 2.20. The SMILES string of the molecule is COc1ccc(Br)c(C)c1C(=O)C(C)N. The van der Waals surface area contributed by atoms with E-state index >= 15 is 0 Å². The maximum Gasteiger partial charge on any atom is 0.183 e. The van der Waals surface area contributed by atoms with Crippen molar-refractivity contribution in [1.82, 2.24) is 0 Å². The van der Waals surface area contributed by atoms with Crippen molar-refractivity contribution >= 4 is 21.7 Å². The molecule has 2 N–H and O–H groups in total. The van der Waals surface area contributed by atoms with Crippen LogP contribution in [0.1, 0.15) is 22.8 Å². The fourth-order valence-corrected chi connectivity index (χ4v) is 1.70. The lowest BCUT2D eigenvalue weighted by atomic mass is 10.00. The van der Waals surface area contributed by atoms with Crippen LogP contribution in [0.15, 0.2) is 16.6 Å². The summed E-state index contributed by atoms with van der Waals surface area (Å²) in [5, 5.41) is 0. The number of hydrogen-bond acceptors (Lipinski definition) is 3. The Hall–Kier alpha value is -0.870. The lowest BCUT2D eigenvalue weighted by molar-refractivity contribution is 0.0964. The van der Waals surface area contributed by atoms with Crippen LogP contribution < -0.4 is 10.5 Å². The van der Waals surface area contributed by atoms with Gasteiger partial charge in [0.05, 0.1) is 18.7 Å². The van der Waals surface area contributed by atoms with Gasteiger partial charge in [-0.15, -0.1) is 0 Å². The van der Waals surface area contributed by atoms with Crippen molar-refractivity contribution in [1.29, 1.82) is 0 Å². The van der Waals surface area contributed by atoms with Gasteiger partial charge in [0.25, 0.3) is 0 Å². The smallest absolute Gasteiger partial charge is 0.183 e. The van der Waals surface area contributed by atoms with Crippen LogP contribution in [0.5, 0.6) is 5.75 Å². The molecule has 0 spiro atoms. The van der Waals surface area contributed by atoms with Gasteiger partial charge in [0, 0.05) is 4.47 Å². The molecule has 0 fully saturated rings. The first-order chi connectivity index (χ1) is 6.99. The zero-order valence-corrected chi connectivity index (χ0v) is 10.6. The number of ether oxygens (including phenoxy) is 1. The number of benzene rings is 1. The Kier molecular flexibility index (Phi) is 3.88. The Balaban J connectivity index is 3.36. The van der Waals surface area contributed by atoms with Gasteiger partial charge in [0.15, 0.2) is 5.78 Å². The van der Waals surface area contributed by atoms with Gasteiger partial charge in [-0.3, -0.25) is 4.79 Å². The largest absolute Gasteiger partial charge is 0.496 e. The molecule has 0 aliphatic rings. The van der Waals surface area contributed by atoms with Crippen LogP contribution in [0.3, 0.4) is 0 Å². The molecule has 0 heterocycles. The van der Waals surface area contributed by atoms with Gasteiger partial charge in [-0.05, 0) is 31.5 Å². The minimum absolute atomic E-state index is 0.106. The van der Waals surface area contributed by atoms with Gasteiger partial charge >= 0.3 is 0 Å². The number of halogens is 1. The number of Topliss-reactive ketones (excluding diaryl/α,β-unsaturated/α-hetero) is 1. The Bertz CT molecular complexity index is 388. The van der Waals surface area contributed by atoms with Crippen LogP contribution in [-0.4, -0.2) is 18.9 Å². The van der Waals surface area contributed by atoms with Crippen LogP contribution in [0.4, 0.5) is 0 Å². The van der Waals surface area contributed by atoms with Crippen LogP contribution in [0, 0.1) is 6.92 Å². The third kappa shape index (κ3) is 2.38. The summed E-state index contributed by atoms with van der Waals surface area (Å²) in [6.45, 7) is 3.53. The lowest BCUT2D eigenvalue weighted by Crippen LogP contribution is -2.27. The Morgan fingerprint density at radius 2 is 2.13 bits per heavy atom. The lowest BCUT2D eigenvalue weighted by Gasteiger charge is -2.13. The molecule has 1 unspecified atom stereocenters. The van der Waals surface area contributed by atoms with E-state index < -0.39 is 6.04 Å². The molecule has 1 rings (SSSR count). The molecule has 1 atom stereocenters. The number of carbonyl (C=O) groups excluding carboxylic acids is 1. The molecule has 0 aromatic heterocycles. The van der Waals surface area contributed by atoms with E-state index in [1.165, 1.54) is 0 Å². The van der Waals surface area contributed by atoms with Gasteiger partial charge in [-0.2, -0.15) is 0 Å². The molecule has 0 saturated heterocycles. The van der Waals surface area contributed by atoms with Crippen molar-refractivity contribution in [2.24, 2.45) is 5.73 Å². The highest BCUT2D eigenvalue weighted by Gasteiger charge is 2.19. The average molecular weight is 272 g/mol. The summed E-state index contributed by atoms with van der Waals surface area (Å²) >= 11 is 3.38. The fraction of sp³-hybridized carbons (Fsp3) is 0.364. The molecule has 3 nitrogen and oxygen atoms in total. The van der Waals surface area contributed by atoms with E-state index in [2.05, 4.69) is 15.9 Å². The summed E-state index contributed by atoms with van der Waals surface area (Å²) in [6, 6.07) is 3.09. The van der Waals surface area contributed by atoms with Crippen LogP contribution >= 0.6 is 15.9 Å². The molecule has 0 aliphatic carbocycles. The maximum absolute atomic E-state index is 11.9. The highest BCUT2D eigenvalue weighted by atomic mass is 79.9. The van der Waals surface area contributed by atoms with Gasteiger partial charge in [0.1, 0.15) is 5.75 Å². The summed E-state index contributed by atoms with van der Waals surface area (Å²) in [6.07, 6.45) is 0. The standard InChI is InChI=1S/C11H14BrNO2/c1-6-8(12)4-5-9(15-3)10(6)11(14)7(2)13/h4-5,7H,13H2,1-3H3. The van der Waals surface area contributed by atoms with E-state index in [4.69, 9.17) is 10.5 Å². The van der Waals surface area contributed by atoms with Crippen molar-refractivity contribution in [3.05, 3.63) is 27.7 Å². The number of hydrogen-bond donors (Lipinski definition) is 1.